The summed E-state index contributed by atoms with van der Waals surface area (Å²) in [6.45, 7) is 3.73. The molecular formula is C17H16F3N3OS. The molecule has 0 radical (unpaired) electrons. The van der Waals surface area contributed by atoms with Crippen LogP contribution in [0.2, 0.25) is 0 Å². The molecule has 0 amide bonds. The van der Waals surface area contributed by atoms with E-state index in [1.165, 1.54) is 6.07 Å². The van der Waals surface area contributed by atoms with Crippen LogP contribution in [-0.2, 0) is 22.7 Å². The second-order valence-corrected chi connectivity index (χ2v) is 7.22. The summed E-state index contributed by atoms with van der Waals surface area (Å²) in [6, 6.07) is 6.97. The van der Waals surface area contributed by atoms with Crippen molar-refractivity contribution in [3.63, 3.8) is 0 Å². The lowest BCUT2D eigenvalue weighted by atomic mass is 10.0. The average Bonchev–Trinajstić information content (AvgIpc) is 2.97. The van der Waals surface area contributed by atoms with Gasteiger partial charge in [-0.2, -0.15) is 13.2 Å². The van der Waals surface area contributed by atoms with Crippen LogP contribution < -0.4 is 5.73 Å². The molecule has 0 fully saturated rings. The molecule has 3 rings (SSSR count). The van der Waals surface area contributed by atoms with Gasteiger partial charge in [-0.3, -0.25) is 4.21 Å². The molecule has 0 aliphatic rings. The number of H-pyrrole nitrogens is 1. The lowest BCUT2D eigenvalue weighted by molar-refractivity contribution is -0.137. The summed E-state index contributed by atoms with van der Waals surface area (Å²) in [5, 5.41) is 0.134. The van der Waals surface area contributed by atoms with Crippen LogP contribution in [0.25, 0.3) is 11.0 Å². The van der Waals surface area contributed by atoms with Crippen LogP contribution in [0.4, 0.5) is 18.9 Å². The van der Waals surface area contributed by atoms with E-state index >= 15 is 0 Å². The van der Waals surface area contributed by atoms with Gasteiger partial charge in [0, 0.05) is 5.69 Å². The Hall–Kier alpha value is -2.35. The number of imidazole rings is 1. The molecule has 0 saturated carbocycles. The molecule has 1 atom stereocenters. The van der Waals surface area contributed by atoms with Gasteiger partial charge in [0.2, 0.25) is 0 Å². The smallest absolute Gasteiger partial charge is 0.398 e. The molecular weight excluding hydrogens is 351 g/mol. The minimum Gasteiger partial charge on any atom is -0.398 e. The van der Waals surface area contributed by atoms with Crippen LogP contribution in [-0.4, -0.2) is 14.2 Å². The fraction of sp³-hybridized carbons (Fsp3) is 0.235. The second-order valence-electron chi connectivity index (χ2n) is 5.85. The van der Waals surface area contributed by atoms with Gasteiger partial charge in [-0.15, -0.1) is 0 Å². The first-order valence-electron chi connectivity index (χ1n) is 7.46. The van der Waals surface area contributed by atoms with Crippen LogP contribution in [0.5, 0.6) is 0 Å². The third kappa shape index (κ3) is 3.39. The maximum absolute atomic E-state index is 12.8. The molecule has 3 aromatic rings. The van der Waals surface area contributed by atoms with Crippen LogP contribution in [0.15, 0.2) is 35.5 Å². The molecule has 0 spiro atoms. The number of hydrogen-bond acceptors (Lipinski definition) is 3. The Kier molecular flexibility index (Phi) is 4.32. The molecule has 1 unspecified atom stereocenters. The molecule has 0 saturated heterocycles. The van der Waals surface area contributed by atoms with E-state index in [-0.39, 0.29) is 16.4 Å². The van der Waals surface area contributed by atoms with Gasteiger partial charge in [-0.25, -0.2) is 4.98 Å². The number of nitrogens with zero attached hydrogens (tertiary/aromatic N) is 1. The number of aromatic amines is 1. The van der Waals surface area contributed by atoms with Gasteiger partial charge in [0.05, 0.1) is 33.1 Å². The molecule has 3 N–H and O–H groups in total. The first-order chi connectivity index (χ1) is 11.7. The zero-order chi connectivity index (χ0) is 18.4. The van der Waals surface area contributed by atoms with Crippen molar-refractivity contribution in [1.29, 1.82) is 0 Å². The van der Waals surface area contributed by atoms with Crippen LogP contribution in [0.1, 0.15) is 22.3 Å². The number of nitrogen functional groups attached to an aromatic ring is 1. The first kappa shape index (κ1) is 17.5. The highest BCUT2D eigenvalue weighted by atomic mass is 32.2. The van der Waals surface area contributed by atoms with E-state index in [9.17, 15) is 17.4 Å². The number of nitrogens with two attached hydrogens (primary N) is 1. The highest BCUT2D eigenvalue weighted by Gasteiger charge is 2.30. The van der Waals surface area contributed by atoms with Crippen molar-refractivity contribution in [2.24, 2.45) is 0 Å². The van der Waals surface area contributed by atoms with Gasteiger partial charge in [0.15, 0.2) is 5.16 Å². The Bertz CT molecular complexity index is 979. The number of hydrogen-bond donors (Lipinski definition) is 2. The van der Waals surface area contributed by atoms with E-state index in [4.69, 9.17) is 5.73 Å². The lowest BCUT2D eigenvalue weighted by Crippen LogP contribution is -2.05. The minimum absolute atomic E-state index is 0.134. The Balaban J connectivity index is 1.94. The van der Waals surface area contributed by atoms with Crippen LogP contribution >= 0.6 is 0 Å². The van der Waals surface area contributed by atoms with E-state index < -0.39 is 22.5 Å². The number of nitrogens with one attached hydrogen (secondary N) is 1. The minimum atomic E-state index is -4.44. The summed E-state index contributed by atoms with van der Waals surface area (Å²) in [4.78, 5) is 6.88. The van der Waals surface area contributed by atoms with Gasteiger partial charge < -0.3 is 10.7 Å². The van der Waals surface area contributed by atoms with Crippen molar-refractivity contribution in [2.45, 2.75) is 30.9 Å². The highest BCUT2D eigenvalue weighted by Crippen LogP contribution is 2.31. The van der Waals surface area contributed by atoms with E-state index in [0.29, 0.717) is 11.2 Å². The highest BCUT2D eigenvalue weighted by molar-refractivity contribution is 7.84. The molecule has 1 aromatic heterocycles. The van der Waals surface area contributed by atoms with Gasteiger partial charge >= 0.3 is 6.18 Å². The monoisotopic (exact) mass is 367 g/mol. The third-order valence-corrected chi connectivity index (χ3v) is 5.26. The molecule has 25 heavy (non-hydrogen) atoms. The van der Waals surface area contributed by atoms with Crippen molar-refractivity contribution < 1.29 is 17.4 Å². The summed E-state index contributed by atoms with van der Waals surface area (Å²) in [5.41, 5.74) is 8.95. The Morgan fingerprint density at radius 2 is 1.84 bits per heavy atom. The molecule has 1 heterocycles. The normalized spacial score (nSPS) is 13.3. The quantitative estimate of drug-likeness (QED) is 0.685. The molecule has 2 aromatic carbocycles. The topological polar surface area (TPSA) is 71.8 Å². The van der Waals surface area contributed by atoms with Gasteiger partial charge in [0.1, 0.15) is 0 Å². The van der Waals surface area contributed by atoms with Crippen molar-refractivity contribution in [3.8, 4) is 0 Å². The van der Waals surface area contributed by atoms with Gasteiger partial charge in [0.25, 0.3) is 0 Å². The molecule has 4 nitrogen and oxygen atoms in total. The SMILES string of the molecule is Cc1ccc(C)c(CS(=O)c2nc3ccc(C(F)(F)F)cc3[nH]2)c1N. The Morgan fingerprint density at radius 3 is 2.52 bits per heavy atom. The zero-order valence-electron chi connectivity index (χ0n) is 13.6. The van der Waals surface area contributed by atoms with E-state index in [0.717, 1.165) is 28.8 Å². The van der Waals surface area contributed by atoms with E-state index in [1.807, 2.05) is 26.0 Å². The Labute approximate surface area is 144 Å². The molecule has 132 valence electrons. The average molecular weight is 367 g/mol. The van der Waals surface area contributed by atoms with E-state index in [1.54, 1.807) is 0 Å². The largest absolute Gasteiger partial charge is 0.416 e. The zero-order valence-corrected chi connectivity index (χ0v) is 14.4. The number of benzene rings is 2. The maximum atomic E-state index is 12.8. The third-order valence-electron chi connectivity index (χ3n) is 4.09. The predicted molar refractivity (Wildman–Crippen MR) is 91.5 cm³/mol. The van der Waals surface area contributed by atoms with Crippen molar-refractivity contribution in [3.05, 3.63) is 52.6 Å². The summed E-state index contributed by atoms with van der Waals surface area (Å²) in [7, 11) is -1.55. The molecule has 0 bridgehead atoms. The summed E-state index contributed by atoms with van der Waals surface area (Å²) < 4.78 is 51.0. The Morgan fingerprint density at radius 1 is 1.16 bits per heavy atom. The summed E-state index contributed by atoms with van der Waals surface area (Å²) in [5.74, 6) is 0.144. The van der Waals surface area contributed by atoms with Crippen molar-refractivity contribution in [2.75, 3.05) is 5.73 Å². The van der Waals surface area contributed by atoms with Crippen molar-refractivity contribution >= 4 is 27.5 Å². The molecule has 8 heteroatoms. The van der Waals surface area contributed by atoms with Gasteiger partial charge in [-0.05, 0) is 48.7 Å². The first-order valence-corrected chi connectivity index (χ1v) is 8.78. The number of aromatic nitrogens is 2. The molecule has 0 aliphatic carbocycles. The number of anilines is 1. The van der Waals surface area contributed by atoms with Gasteiger partial charge in [-0.1, -0.05) is 12.1 Å². The summed E-state index contributed by atoms with van der Waals surface area (Å²) >= 11 is 0. The van der Waals surface area contributed by atoms with E-state index in [2.05, 4.69) is 9.97 Å². The maximum Gasteiger partial charge on any atom is 0.416 e. The summed E-state index contributed by atoms with van der Waals surface area (Å²) in [6.07, 6.45) is -4.44. The number of halogens is 3. The molecule has 0 aliphatic heterocycles. The van der Waals surface area contributed by atoms with Crippen LogP contribution in [0, 0.1) is 13.8 Å². The number of alkyl halides is 3. The van der Waals surface area contributed by atoms with Crippen LogP contribution in [0.3, 0.4) is 0 Å². The fourth-order valence-corrected chi connectivity index (χ4v) is 3.76. The fourth-order valence-electron chi connectivity index (χ4n) is 2.55. The number of fused-ring (bicyclic) bond motifs is 1. The second kappa shape index (κ2) is 6.18. The standard InChI is InChI=1S/C17H16F3N3OS/c1-9-3-4-10(2)15(21)12(9)8-25(24)16-22-13-6-5-11(17(18,19)20)7-14(13)23-16/h3-7H,8,21H2,1-2H3,(H,22,23). The lowest BCUT2D eigenvalue weighted by Gasteiger charge is -2.10. The number of aryl methyl sites for hydroxylation is 2. The number of rotatable bonds is 3. The predicted octanol–water partition coefficient (Wildman–Crippen LogP) is 4.09. The van der Waals surface area contributed by atoms with Crippen molar-refractivity contribution in [1.82, 2.24) is 9.97 Å².